The molecule has 0 spiro atoms. The van der Waals surface area contributed by atoms with E-state index in [1.807, 2.05) is 0 Å². The Morgan fingerprint density at radius 3 is 2.44 bits per heavy atom. The van der Waals surface area contributed by atoms with Gasteiger partial charge in [0.05, 0.1) is 16.3 Å². The number of benzene rings is 1. The van der Waals surface area contributed by atoms with E-state index in [0.29, 0.717) is 5.02 Å². The van der Waals surface area contributed by atoms with Gasteiger partial charge >= 0.3 is 5.69 Å². The van der Waals surface area contributed by atoms with Crippen LogP contribution in [-0.4, -0.2) is 9.55 Å². The molecule has 1 aromatic heterocycles. The number of nitrogens with zero attached hydrogens (tertiary/aromatic N) is 1. The molecule has 94 valence electrons. The number of hydrogen-bond donors (Lipinski definition) is 1. The molecule has 0 saturated carbocycles. The van der Waals surface area contributed by atoms with E-state index in [2.05, 4.69) is 4.98 Å². The van der Waals surface area contributed by atoms with E-state index in [-0.39, 0.29) is 21.4 Å². The maximum absolute atomic E-state index is 12.0. The molecular weight excluding hydrogens is 298 g/mol. The average Bonchev–Trinajstić information content (AvgIpc) is 2.29. The van der Waals surface area contributed by atoms with E-state index in [4.69, 9.17) is 34.8 Å². The van der Waals surface area contributed by atoms with Crippen LogP contribution < -0.4 is 11.2 Å². The van der Waals surface area contributed by atoms with Gasteiger partial charge in [-0.15, -0.1) is 0 Å². The molecule has 2 rings (SSSR count). The highest BCUT2D eigenvalue weighted by atomic mass is 35.5. The van der Waals surface area contributed by atoms with E-state index in [0.717, 1.165) is 4.57 Å². The highest BCUT2D eigenvalue weighted by Crippen LogP contribution is 2.22. The van der Waals surface area contributed by atoms with Gasteiger partial charge in [-0.25, -0.2) is 9.36 Å². The van der Waals surface area contributed by atoms with Crippen molar-refractivity contribution in [3.63, 3.8) is 0 Å². The number of halogens is 3. The van der Waals surface area contributed by atoms with Crippen LogP contribution in [0.15, 0.2) is 27.8 Å². The van der Waals surface area contributed by atoms with Crippen LogP contribution in [-0.2, 0) is 0 Å². The predicted octanol–water partition coefficient (Wildman–Crippen LogP) is 2.79. The van der Waals surface area contributed by atoms with E-state index >= 15 is 0 Å². The Morgan fingerprint density at radius 2 is 1.83 bits per heavy atom. The van der Waals surface area contributed by atoms with Gasteiger partial charge in [-0.3, -0.25) is 9.78 Å². The van der Waals surface area contributed by atoms with Crippen molar-refractivity contribution in [1.82, 2.24) is 9.55 Å². The molecule has 4 nitrogen and oxygen atoms in total. The topological polar surface area (TPSA) is 54.9 Å². The molecule has 0 fully saturated rings. The zero-order valence-electron chi connectivity index (χ0n) is 9.13. The van der Waals surface area contributed by atoms with Gasteiger partial charge in [-0.05, 0) is 25.1 Å². The molecule has 2 aromatic rings. The molecule has 1 N–H and O–H groups in total. The van der Waals surface area contributed by atoms with Gasteiger partial charge in [0.2, 0.25) is 0 Å². The van der Waals surface area contributed by atoms with E-state index in [1.165, 1.54) is 19.1 Å². The molecule has 0 amide bonds. The lowest BCUT2D eigenvalue weighted by molar-refractivity contribution is 0.860. The number of aromatic nitrogens is 2. The Bertz CT molecular complexity index is 734. The minimum atomic E-state index is -0.653. The first-order valence-corrected chi connectivity index (χ1v) is 6.02. The Kier molecular flexibility index (Phi) is 3.52. The molecule has 0 unspecified atom stereocenters. The van der Waals surface area contributed by atoms with Crippen LogP contribution in [0.3, 0.4) is 0 Å². The lowest BCUT2D eigenvalue weighted by Gasteiger charge is -2.08. The van der Waals surface area contributed by atoms with Crippen molar-refractivity contribution in [3.05, 3.63) is 59.8 Å². The number of H-pyrrole nitrogens is 1. The monoisotopic (exact) mass is 304 g/mol. The Morgan fingerprint density at radius 1 is 1.17 bits per heavy atom. The summed E-state index contributed by atoms with van der Waals surface area (Å²) in [5.74, 6) is 0. The highest BCUT2D eigenvalue weighted by Gasteiger charge is 2.13. The molecule has 7 heteroatoms. The van der Waals surface area contributed by atoms with E-state index in [1.54, 1.807) is 6.07 Å². The third kappa shape index (κ3) is 2.19. The lowest BCUT2D eigenvalue weighted by atomic mass is 10.3. The standard InChI is InChI=1S/C11H7Cl3N2O2/c1-5-9(14)15-11(18)16(10(5)17)8-3-2-6(12)4-7(8)13/h2-4H,1H3,(H,15,18). The zero-order valence-corrected chi connectivity index (χ0v) is 11.4. The fraction of sp³-hybridized carbons (Fsp3) is 0.0909. The second-order valence-corrected chi connectivity index (χ2v) is 4.83. The summed E-state index contributed by atoms with van der Waals surface area (Å²) in [5.41, 5.74) is -0.679. The Labute approximate surface area is 117 Å². The molecule has 0 aliphatic rings. The third-order valence-corrected chi connectivity index (χ3v) is 3.34. The summed E-state index contributed by atoms with van der Waals surface area (Å²) in [6.07, 6.45) is 0. The quantitative estimate of drug-likeness (QED) is 0.824. The summed E-state index contributed by atoms with van der Waals surface area (Å²) in [7, 11) is 0. The number of aromatic amines is 1. The maximum Gasteiger partial charge on any atom is 0.334 e. The molecule has 0 aliphatic carbocycles. The van der Waals surface area contributed by atoms with Gasteiger partial charge in [0.25, 0.3) is 5.56 Å². The van der Waals surface area contributed by atoms with Gasteiger partial charge in [0, 0.05) is 5.02 Å². The number of hydrogen-bond acceptors (Lipinski definition) is 2. The Hall–Kier alpha value is -1.23. The van der Waals surface area contributed by atoms with Crippen LogP contribution in [0, 0.1) is 6.92 Å². The van der Waals surface area contributed by atoms with Crippen molar-refractivity contribution < 1.29 is 0 Å². The van der Waals surface area contributed by atoms with Crippen molar-refractivity contribution in [3.8, 4) is 5.69 Å². The van der Waals surface area contributed by atoms with E-state index < -0.39 is 11.2 Å². The SMILES string of the molecule is Cc1c(Cl)[nH]c(=O)n(-c2ccc(Cl)cc2Cl)c1=O. The first-order valence-electron chi connectivity index (χ1n) is 4.88. The number of rotatable bonds is 1. The lowest BCUT2D eigenvalue weighted by Crippen LogP contribution is -2.35. The minimum Gasteiger partial charge on any atom is -0.297 e. The molecule has 0 bridgehead atoms. The Balaban J connectivity index is 2.84. The molecule has 18 heavy (non-hydrogen) atoms. The van der Waals surface area contributed by atoms with Crippen LogP contribution in [0.5, 0.6) is 0 Å². The fourth-order valence-corrected chi connectivity index (χ4v) is 2.13. The molecule has 0 radical (unpaired) electrons. The third-order valence-electron chi connectivity index (χ3n) is 2.42. The fourth-order valence-electron chi connectivity index (χ4n) is 1.48. The van der Waals surface area contributed by atoms with Gasteiger partial charge in [0.1, 0.15) is 5.15 Å². The molecule has 0 atom stereocenters. The van der Waals surface area contributed by atoms with Crippen LogP contribution >= 0.6 is 34.8 Å². The number of nitrogens with one attached hydrogen (secondary N) is 1. The molecule has 0 saturated heterocycles. The second kappa shape index (κ2) is 4.80. The van der Waals surface area contributed by atoms with Gasteiger partial charge in [0.15, 0.2) is 0 Å². The molecule has 1 aromatic carbocycles. The van der Waals surface area contributed by atoms with Crippen molar-refractivity contribution in [2.75, 3.05) is 0 Å². The van der Waals surface area contributed by atoms with Crippen LogP contribution in [0.4, 0.5) is 0 Å². The first-order chi connectivity index (χ1) is 8.41. The summed E-state index contributed by atoms with van der Waals surface area (Å²) in [5, 5.41) is 0.641. The predicted molar refractivity (Wildman–Crippen MR) is 72.4 cm³/mol. The van der Waals surface area contributed by atoms with Gasteiger partial charge in [-0.2, -0.15) is 0 Å². The van der Waals surface area contributed by atoms with Gasteiger partial charge < -0.3 is 0 Å². The molecular formula is C11H7Cl3N2O2. The van der Waals surface area contributed by atoms with Crippen molar-refractivity contribution in [1.29, 1.82) is 0 Å². The van der Waals surface area contributed by atoms with Gasteiger partial charge in [-0.1, -0.05) is 34.8 Å². The summed E-state index contributed by atoms with van der Waals surface area (Å²) >= 11 is 17.5. The summed E-state index contributed by atoms with van der Waals surface area (Å²) in [6, 6.07) is 4.49. The van der Waals surface area contributed by atoms with Crippen molar-refractivity contribution in [2.24, 2.45) is 0 Å². The largest absolute Gasteiger partial charge is 0.334 e. The van der Waals surface area contributed by atoms with E-state index in [9.17, 15) is 9.59 Å². The first kappa shape index (κ1) is 13.2. The molecule has 0 aliphatic heterocycles. The zero-order chi connectivity index (χ0) is 13.4. The van der Waals surface area contributed by atoms with Crippen molar-refractivity contribution >= 4 is 34.8 Å². The summed E-state index contributed by atoms with van der Waals surface area (Å²) in [4.78, 5) is 26.2. The summed E-state index contributed by atoms with van der Waals surface area (Å²) < 4.78 is 0.917. The van der Waals surface area contributed by atoms with Crippen LogP contribution in [0.2, 0.25) is 15.2 Å². The summed E-state index contributed by atoms with van der Waals surface area (Å²) in [6.45, 7) is 1.51. The minimum absolute atomic E-state index is 0.0198. The van der Waals surface area contributed by atoms with Crippen LogP contribution in [0.25, 0.3) is 5.69 Å². The smallest absolute Gasteiger partial charge is 0.297 e. The maximum atomic E-state index is 12.0. The highest BCUT2D eigenvalue weighted by molar-refractivity contribution is 6.35. The normalized spacial score (nSPS) is 10.7. The average molecular weight is 306 g/mol. The van der Waals surface area contributed by atoms with Crippen molar-refractivity contribution in [2.45, 2.75) is 6.92 Å². The second-order valence-electron chi connectivity index (χ2n) is 3.61. The van der Waals surface area contributed by atoms with Crippen LogP contribution in [0.1, 0.15) is 5.56 Å². The molecule has 1 heterocycles.